The van der Waals surface area contributed by atoms with Gasteiger partial charge in [-0.05, 0) is 22.9 Å². The predicted molar refractivity (Wildman–Crippen MR) is 50.0 cm³/mol. The molecule has 0 aliphatic carbocycles. The third-order valence-electron chi connectivity index (χ3n) is 1.49. The minimum Gasteiger partial charge on any atom is -0.361 e. The van der Waals surface area contributed by atoms with Crippen LogP contribution in [-0.4, -0.2) is 10.1 Å². The Bertz CT molecular complexity index is 396. The summed E-state index contributed by atoms with van der Waals surface area (Å²) in [7, 11) is 0. The Morgan fingerprint density at radius 3 is 2.83 bits per heavy atom. The van der Waals surface area contributed by atoms with E-state index in [-0.39, 0.29) is 0 Å². The van der Waals surface area contributed by atoms with Crippen LogP contribution in [0.3, 0.4) is 0 Å². The first-order valence-corrected chi connectivity index (χ1v) is 4.91. The largest absolute Gasteiger partial charge is 0.361 e. The molecule has 62 valence electrons. The average Bonchev–Trinajstić information content (AvgIpc) is 2.58. The molecule has 3 nitrogen and oxygen atoms in total. The van der Waals surface area contributed by atoms with Crippen LogP contribution in [-0.2, 0) is 0 Å². The third kappa shape index (κ3) is 1.30. The lowest BCUT2D eigenvalue weighted by Crippen LogP contribution is -1.69. The summed E-state index contributed by atoms with van der Waals surface area (Å²) in [6, 6.07) is 0. The van der Waals surface area contributed by atoms with Gasteiger partial charge in [0.25, 0.3) is 0 Å². The number of hydrogen-bond acceptors (Lipinski definition) is 4. The lowest BCUT2D eigenvalue weighted by molar-refractivity contribution is 0.398. The lowest BCUT2D eigenvalue weighted by atomic mass is 10.2. The van der Waals surface area contributed by atoms with Crippen molar-refractivity contribution < 1.29 is 4.52 Å². The van der Waals surface area contributed by atoms with Crippen molar-refractivity contribution in [3.63, 3.8) is 0 Å². The zero-order valence-corrected chi connectivity index (χ0v) is 8.65. The van der Waals surface area contributed by atoms with Crippen molar-refractivity contribution in [3.05, 3.63) is 22.1 Å². The van der Waals surface area contributed by atoms with Gasteiger partial charge in [0, 0.05) is 6.20 Å². The molecule has 2 heterocycles. The molecule has 2 rings (SSSR count). The predicted octanol–water partition coefficient (Wildman–Crippen LogP) is 2.87. The minimum absolute atomic E-state index is 0.825. The summed E-state index contributed by atoms with van der Waals surface area (Å²) in [5.41, 5.74) is 1.01. The molecular formula is C7H5BrN2OS. The van der Waals surface area contributed by atoms with E-state index < -0.39 is 0 Å². The lowest BCUT2D eigenvalue weighted by Gasteiger charge is -1.87. The zero-order chi connectivity index (χ0) is 8.55. The number of halogens is 1. The molecular weight excluding hydrogens is 240 g/mol. The van der Waals surface area contributed by atoms with E-state index in [0.717, 1.165) is 20.1 Å². The Morgan fingerprint density at radius 1 is 1.50 bits per heavy atom. The van der Waals surface area contributed by atoms with E-state index >= 15 is 0 Å². The van der Waals surface area contributed by atoms with Crippen molar-refractivity contribution in [1.29, 1.82) is 0 Å². The Labute approximate surface area is 81.5 Å². The van der Waals surface area contributed by atoms with Crippen molar-refractivity contribution >= 4 is 27.3 Å². The Hall–Kier alpha value is -0.680. The molecule has 0 aliphatic rings. The fraction of sp³-hybridized carbons (Fsp3) is 0.143. The first kappa shape index (κ1) is 7.94. The summed E-state index contributed by atoms with van der Waals surface area (Å²) in [5.74, 6) is 0.825. The van der Waals surface area contributed by atoms with Gasteiger partial charge in [0.1, 0.15) is 5.76 Å². The number of thiazole rings is 1. The summed E-state index contributed by atoms with van der Waals surface area (Å²) in [5, 5.41) is 3.70. The van der Waals surface area contributed by atoms with E-state index in [0.29, 0.717) is 0 Å². The second-order valence-electron chi connectivity index (χ2n) is 2.27. The number of aromatic nitrogens is 2. The van der Waals surface area contributed by atoms with Gasteiger partial charge in [0.15, 0.2) is 3.92 Å². The highest BCUT2D eigenvalue weighted by molar-refractivity contribution is 9.11. The van der Waals surface area contributed by atoms with Gasteiger partial charge in [-0.25, -0.2) is 4.98 Å². The van der Waals surface area contributed by atoms with E-state index in [4.69, 9.17) is 4.52 Å². The summed E-state index contributed by atoms with van der Waals surface area (Å²) >= 11 is 4.86. The molecule has 0 aliphatic heterocycles. The summed E-state index contributed by atoms with van der Waals surface area (Å²) in [6.45, 7) is 1.88. The number of rotatable bonds is 1. The summed E-state index contributed by atoms with van der Waals surface area (Å²) in [4.78, 5) is 5.15. The molecule has 2 aromatic rings. The highest BCUT2D eigenvalue weighted by Crippen LogP contribution is 2.30. The molecule has 0 aromatic carbocycles. The van der Waals surface area contributed by atoms with Crippen LogP contribution in [0.5, 0.6) is 0 Å². The van der Waals surface area contributed by atoms with Gasteiger partial charge in [-0.2, -0.15) is 0 Å². The molecule has 5 heteroatoms. The van der Waals surface area contributed by atoms with Gasteiger partial charge < -0.3 is 4.52 Å². The fourth-order valence-corrected chi connectivity index (χ4v) is 2.24. The standard InChI is InChI=1S/C7H5BrN2OS/c1-4-5(2-10-11-4)6-3-9-7(8)12-6/h2-3H,1H3. The van der Waals surface area contributed by atoms with E-state index in [1.54, 1.807) is 23.7 Å². The smallest absolute Gasteiger partial charge is 0.159 e. The van der Waals surface area contributed by atoms with Crippen LogP contribution in [0, 0.1) is 6.92 Å². The van der Waals surface area contributed by atoms with Gasteiger partial charge in [-0.1, -0.05) is 5.16 Å². The summed E-state index contributed by atoms with van der Waals surface area (Å²) in [6.07, 6.45) is 3.50. The Kier molecular flexibility index (Phi) is 1.98. The van der Waals surface area contributed by atoms with Crippen LogP contribution in [0.4, 0.5) is 0 Å². The second-order valence-corrected chi connectivity index (χ2v) is 4.58. The normalized spacial score (nSPS) is 10.5. The van der Waals surface area contributed by atoms with Crippen molar-refractivity contribution in [2.75, 3.05) is 0 Å². The highest BCUT2D eigenvalue weighted by atomic mass is 79.9. The van der Waals surface area contributed by atoms with Crippen molar-refractivity contribution in [3.8, 4) is 10.4 Å². The molecule has 0 N–H and O–H groups in total. The Balaban J connectivity index is 2.50. The molecule has 12 heavy (non-hydrogen) atoms. The minimum atomic E-state index is 0.825. The topological polar surface area (TPSA) is 38.9 Å². The molecule has 2 aromatic heterocycles. The van der Waals surface area contributed by atoms with E-state index in [1.807, 2.05) is 6.92 Å². The van der Waals surface area contributed by atoms with Crippen molar-refractivity contribution in [1.82, 2.24) is 10.1 Å². The van der Waals surface area contributed by atoms with E-state index in [1.165, 1.54) is 0 Å². The molecule has 0 unspecified atom stereocenters. The zero-order valence-electron chi connectivity index (χ0n) is 6.24. The first-order valence-electron chi connectivity index (χ1n) is 3.30. The van der Waals surface area contributed by atoms with E-state index in [2.05, 4.69) is 26.1 Å². The first-order chi connectivity index (χ1) is 5.77. The molecule has 0 atom stereocenters. The Morgan fingerprint density at radius 2 is 2.33 bits per heavy atom. The van der Waals surface area contributed by atoms with Gasteiger partial charge in [0.2, 0.25) is 0 Å². The molecule has 0 spiro atoms. The van der Waals surface area contributed by atoms with Crippen LogP contribution in [0.1, 0.15) is 5.76 Å². The number of hydrogen-bond donors (Lipinski definition) is 0. The molecule has 0 radical (unpaired) electrons. The van der Waals surface area contributed by atoms with Gasteiger partial charge in [-0.3, -0.25) is 0 Å². The quantitative estimate of drug-likeness (QED) is 0.775. The van der Waals surface area contributed by atoms with Crippen LogP contribution in [0.15, 0.2) is 20.8 Å². The fourth-order valence-electron chi connectivity index (χ4n) is 0.913. The van der Waals surface area contributed by atoms with Crippen LogP contribution in [0.2, 0.25) is 0 Å². The van der Waals surface area contributed by atoms with Crippen molar-refractivity contribution in [2.45, 2.75) is 6.92 Å². The van der Waals surface area contributed by atoms with Crippen molar-refractivity contribution in [2.24, 2.45) is 0 Å². The highest BCUT2D eigenvalue weighted by Gasteiger charge is 2.08. The van der Waals surface area contributed by atoms with Gasteiger partial charge in [0.05, 0.1) is 16.6 Å². The third-order valence-corrected chi connectivity index (χ3v) is 3.00. The maximum absolute atomic E-state index is 4.94. The molecule has 0 saturated carbocycles. The van der Waals surface area contributed by atoms with Crippen LogP contribution in [0.25, 0.3) is 10.4 Å². The maximum atomic E-state index is 4.94. The van der Waals surface area contributed by atoms with E-state index in [9.17, 15) is 0 Å². The molecule has 0 bridgehead atoms. The number of aryl methyl sites for hydroxylation is 1. The monoisotopic (exact) mass is 244 g/mol. The average molecular weight is 245 g/mol. The molecule has 0 saturated heterocycles. The SMILES string of the molecule is Cc1oncc1-c1cnc(Br)s1. The van der Waals surface area contributed by atoms with Crippen LogP contribution < -0.4 is 0 Å². The van der Waals surface area contributed by atoms with Gasteiger partial charge in [-0.15, -0.1) is 11.3 Å². The van der Waals surface area contributed by atoms with Gasteiger partial charge >= 0.3 is 0 Å². The number of nitrogens with zero attached hydrogens (tertiary/aromatic N) is 2. The maximum Gasteiger partial charge on any atom is 0.159 e. The van der Waals surface area contributed by atoms with Crippen LogP contribution >= 0.6 is 27.3 Å². The summed E-state index contributed by atoms with van der Waals surface area (Å²) < 4.78 is 5.81. The molecule has 0 amide bonds. The second kappa shape index (κ2) is 2.99. The molecule has 0 fully saturated rings.